The van der Waals surface area contributed by atoms with Gasteiger partial charge >= 0.3 is 0 Å². The van der Waals surface area contributed by atoms with E-state index in [9.17, 15) is 22.8 Å². The lowest BCUT2D eigenvalue weighted by molar-refractivity contribution is 0.101. The van der Waals surface area contributed by atoms with Crippen LogP contribution in [0, 0.1) is 17.5 Å². The van der Waals surface area contributed by atoms with E-state index in [-0.39, 0.29) is 35.0 Å². The van der Waals surface area contributed by atoms with Crippen molar-refractivity contribution in [1.82, 2.24) is 19.7 Å². The number of nitrogens with zero attached hydrogens (tertiary/aromatic N) is 4. The summed E-state index contributed by atoms with van der Waals surface area (Å²) in [7, 11) is 0. The molecule has 1 aliphatic carbocycles. The Morgan fingerprint density at radius 3 is 2.42 bits per heavy atom. The minimum absolute atomic E-state index is 0. The Morgan fingerprint density at radius 2 is 1.67 bits per heavy atom. The monoisotopic (exact) mass is 514 g/mol. The van der Waals surface area contributed by atoms with E-state index in [1.165, 1.54) is 6.07 Å². The number of hydrogen-bond donors (Lipinski definition) is 2. The Bertz CT molecular complexity index is 1460. The van der Waals surface area contributed by atoms with Crippen molar-refractivity contribution in [3.05, 3.63) is 89.5 Å². The van der Waals surface area contributed by atoms with E-state index >= 15 is 0 Å². The summed E-state index contributed by atoms with van der Waals surface area (Å²) < 4.78 is 42.9. The molecule has 12 heteroatoms. The van der Waals surface area contributed by atoms with Crippen LogP contribution in [0.2, 0.25) is 0 Å². The van der Waals surface area contributed by atoms with Gasteiger partial charge in [-0.05, 0) is 61.4 Å². The van der Waals surface area contributed by atoms with Gasteiger partial charge in [0, 0.05) is 17.3 Å². The van der Waals surface area contributed by atoms with Crippen molar-refractivity contribution in [1.29, 1.82) is 0 Å². The molecule has 5 rings (SSSR count). The fourth-order valence-electron chi connectivity index (χ4n) is 3.48. The molecule has 36 heavy (non-hydrogen) atoms. The van der Waals surface area contributed by atoms with E-state index < -0.39 is 29.3 Å². The van der Waals surface area contributed by atoms with E-state index in [1.807, 2.05) is 4.57 Å². The van der Waals surface area contributed by atoms with E-state index in [1.54, 1.807) is 24.5 Å². The van der Waals surface area contributed by atoms with Gasteiger partial charge in [0.25, 0.3) is 11.8 Å². The Kier molecular flexibility index (Phi) is 7.02. The molecule has 0 saturated heterocycles. The summed E-state index contributed by atoms with van der Waals surface area (Å²) in [5.74, 6) is -3.89. The number of benzene rings is 2. The predicted molar refractivity (Wildman–Crippen MR) is 127 cm³/mol. The van der Waals surface area contributed by atoms with Gasteiger partial charge in [0.2, 0.25) is 0 Å². The predicted octanol–water partition coefficient (Wildman–Crippen LogP) is 5.02. The van der Waals surface area contributed by atoms with Gasteiger partial charge in [-0.25, -0.2) is 18.2 Å². The molecule has 0 spiro atoms. The SMILES string of the molecule is Cl.O=C(Nc1ccc(F)c(C(=O)Nc2cccc(-c3nncn3C3CC3)n2)c1)c1ccc(F)c(F)c1. The molecule has 0 aliphatic heterocycles. The van der Waals surface area contributed by atoms with Crippen molar-refractivity contribution >= 4 is 35.7 Å². The topological polar surface area (TPSA) is 102 Å². The second-order valence-electron chi connectivity index (χ2n) is 7.93. The van der Waals surface area contributed by atoms with Crippen LogP contribution in [-0.4, -0.2) is 31.6 Å². The van der Waals surface area contributed by atoms with Crippen LogP contribution in [0.4, 0.5) is 24.7 Å². The Balaban J connectivity index is 0.00000304. The second-order valence-corrected chi connectivity index (χ2v) is 7.93. The highest BCUT2D eigenvalue weighted by Gasteiger charge is 2.27. The van der Waals surface area contributed by atoms with Crippen molar-refractivity contribution in [3.63, 3.8) is 0 Å². The second kappa shape index (κ2) is 10.2. The van der Waals surface area contributed by atoms with Gasteiger partial charge in [-0.2, -0.15) is 0 Å². The van der Waals surface area contributed by atoms with Crippen molar-refractivity contribution in [2.75, 3.05) is 10.6 Å². The first-order chi connectivity index (χ1) is 16.9. The zero-order chi connectivity index (χ0) is 24.5. The molecule has 0 atom stereocenters. The lowest BCUT2D eigenvalue weighted by atomic mass is 10.1. The summed E-state index contributed by atoms with van der Waals surface area (Å²) in [6.07, 6.45) is 3.70. The average molecular weight is 515 g/mol. The number of nitrogens with one attached hydrogen (secondary N) is 2. The van der Waals surface area contributed by atoms with Crippen molar-refractivity contribution in [2.45, 2.75) is 18.9 Å². The van der Waals surface area contributed by atoms with E-state index in [2.05, 4.69) is 25.8 Å². The van der Waals surface area contributed by atoms with Crippen LogP contribution in [0.25, 0.3) is 11.5 Å². The third-order valence-corrected chi connectivity index (χ3v) is 5.38. The summed E-state index contributed by atoms with van der Waals surface area (Å²) in [5, 5.41) is 13.0. The molecule has 8 nitrogen and oxygen atoms in total. The van der Waals surface area contributed by atoms with Crippen molar-refractivity contribution < 1.29 is 22.8 Å². The van der Waals surface area contributed by atoms with Crippen molar-refractivity contribution in [2.24, 2.45) is 0 Å². The molecule has 2 heterocycles. The lowest BCUT2D eigenvalue weighted by Crippen LogP contribution is -2.17. The Labute approximate surface area is 209 Å². The van der Waals surface area contributed by atoms with Crippen LogP contribution < -0.4 is 10.6 Å². The number of carbonyl (C=O) groups excluding carboxylic acids is 2. The summed E-state index contributed by atoms with van der Waals surface area (Å²) in [6, 6.07) is 11.3. The van der Waals surface area contributed by atoms with Crippen LogP contribution in [0.15, 0.2) is 60.9 Å². The molecule has 1 saturated carbocycles. The number of hydrogen-bond acceptors (Lipinski definition) is 5. The number of rotatable bonds is 6. The molecule has 4 aromatic rings. The number of aromatic nitrogens is 4. The van der Waals surface area contributed by atoms with Crippen LogP contribution in [-0.2, 0) is 0 Å². The molecule has 184 valence electrons. The first-order valence-corrected chi connectivity index (χ1v) is 10.6. The quantitative estimate of drug-likeness (QED) is 0.376. The number of carbonyl (C=O) groups is 2. The van der Waals surface area contributed by atoms with Crippen molar-refractivity contribution in [3.8, 4) is 11.5 Å². The molecule has 1 aliphatic rings. The van der Waals surface area contributed by atoms with Gasteiger partial charge in [-0.15, -0.1) is 22.6 Å². The van der Waals surface area contributed by atoms with Gasteiger partial charge in [-0.1, -0.05) is 6.07 Å². The summed E-state index contributed by atoms with van der Waals surface area (Å²) in [6.45, 7) is 0. The number of pyridine rings is 1. The summed E-state index contributed by atoms with van der Waals surface area (Å²) in [5.41, 5.74) is 0.103. The van der Waals surface area contributed by atoms with E-state index in [0.717, 1.165) is 43.2 Å². The highest BCUT2D eigenvalue weighted by atomic mass is 35.5. The van der Waals surface area contributed by atoms with Crippen LogP contribution >= 0.6 is 12.4 Å². The van der Waals surface area contributed by atoms with Gasteiger partial charge in [0.1, 0.15) is 23.7 Å². The normalized spacial score (nSPS) is 12.5. The zero-order valence-electron chi connectivity index (χ0n) is 18.4. The van der Waals surface area contributed by atoms with Gasteiger partial charge < -0.3 is 15.2 Å². The fraction of sp³-hybridized carbons (Fsp3) is 0.125. The third kappa shape index (κ3) is 5.20. The maximum absolute atomic E-state index is 14.4. The Hall–Kier alpha value is -4.25. The zero-order valence-corrected chi connectivity index (χ0v) is 19.2. The standard InChI is InChI=1S/C24H17F3N6O2.ClH/c25-17-9-5-14(29-23(34)13-4-8-18(26)19(27)10-13)11-16(17)24(35)31-21-3-1-2-20(30-21)22-32-28-12-33(22)15-6-7-15;/h1-5,8-12,15H,6-7H2,(H,29,34)(H,30,31,35);1H. The van der Waals surface area contributed by atoms with Gasteiger partial charge in [-0.3, -0.25) is 9.59 Å². The highest BCUT2D eigenvalue weighted by molar-refractivity contribution is 6.07. The largest absolute Gasteiger partial charge is 0.322 e. The molecular formula is C24H18ClF3N6O2. The molecular weight excluding hydrogens is 497 g/mol. The maximum atomic E-state index is 14.4. The summed E-state index contributed by atoms with van der Waals surface area (Å²) in [4.78, 5) is 29.5. The molecule has 2 aromatic carbocycles. The Morgan fingerprint density at radius 1 is 0.889 bits per heavy atom. The number of halogens is 4. The minimum Gasteiger partial charge on any atom is -0.322 e. The van der Waals surface area contributed by atoms with E-state index in [4.69, 9.17) is 0 Å². The minimum atomic E-state index is -1.18. The van der Waals surface area contributed by atoms with Gasteiger partial charge in [0.15, 0.2) is 17.5 Å². The maximum Gasteiger partial charge on any atom is 0.259 e. The fourth-order valence-corrected chi connectivity index (χ4v) is 3.48. The molecule has 0 unspecified atom stereocenters. The molecule has 0 radical (unpaired) electrons. The molecule has 1 fully saturated rings. The number of amides is 2. The molecule has 2 N–H and O–H groups in total. The number of anilines is 2. The summed E-state index contributed by atoms with van der Waals surface area (Å²) >= 11 is 0. The van der Waals surface area contributed by atoms with Crippen LogP contribution in [0.1, 0.15) is 39.6 Å². The molecule has 2 amide bonds. The van der Waals surface area contributed by atoms with Crippen LogP contribution in [0.3, 0.4) is 0 Å². The van der Waals surface area contributed by atoms with Gasteiger partial charge in [0.05, 0.1) is 5.56 Å². The third-order valence-electron chi connectivity index (χ3n) is 5.38. The molecule has 0 bridgehead atoms. The lowest BCUT2D eigenvalue weighted by Gasteiger charge is -2.10. The highest BCUT2D eigenvalue weighted by Crippen LogP contribution is 2.37. The van der Waals surface area contributed by atoms with Crippen LogP contribution in [0.5, 0.6) is 0 Å². The average Bonchev–Trinajstić information content (AvgIpc) is 3.58. The first-order valence-electron chi connectivity index (χ1n) is 10.6. The van der Waals surface area contributed by atoms with E-state index in [0.29, 0.717) is 17.6 Å². The molecule has 2 aromatic heterocycles. The smallest absolute Gasteiger partial charge is 0.259 e. The first kappa shape index (κ1) is 24.9.